The molecule has 1 aliphatic rings. The summed E-state index contributed by atoms with van der Waals surface area (Å²) in [6.07, 6.45) is 1.31. The molecule has 22 heavy (non-hydrogen) atoms. The van der Waals surface area contributed by atoms with Gasteiger partial charge >= 0.3 is 11.8 Å². The van der Waals surface area contributed by atoms with E-state index >= 15 is 0 Å². The van der Waals surface area contributed by atoms with Crippen molar-refractivity contribution < 1.29 is 23.5 Å². The van der Waals surface area contributed by atoms with E-state index in [1.54, 1.807) is 25.1 Å². The van der Waals surface area contributed by atoms with Crippen molar-refractivity contribution in [1.29, 1.82) is 0 Å². The van der Waals surface area contributed by atoms with Crippen LogP contribution in [-0.2, 0) is 19.1 Å². The summed E-state index contributed by atoms with van der Waals surface area (Å²) in [5.41, 5.74) is 0.788. The van der Waals surface area contributed by atoms with Gasteiger partial charge in [-0.1, -0.05) is 28.1 Å². The Morgan fingerprint density at radius 2 is 2.05 bits per heavy atom. The highest BCUT2D eigenvalue weighted by atomic mass is 79.9. The van der Waals surface area contributed by atoms with Crippen LogP contribution in [0.5, 0.6) is 0 Å². The van der Waals surface area contributed by atoms with Gasteiger partial charge in [0.2, 0.25) is 0 Å². The second kappa shape index (κ2) is 6.60. The minimum absolute atomic E-state index is 0.0376. The van der Waals surface area contributed by atoms with E-state index in [1.165, 1.54) is 6.92 Å². The fourth-order valence-corrected chi connectivity index (χ4v) is 2.52. The Hall–Kier alpha value is -1.69. The minimum atomic E-state index is -2.65. The Kier molecular flexibility index (Phi) is 5.01. The van der Waals surface area contributed by atoms with Crippen LogP contribution in [0.15, 0.2) is 40.6 Å². The summed E-state index contributed by atoms with van der Waals surface area (Å²) < 4.78 is 25.5. The number of Topliss-reactive ketones (excluding diaryl/α,β-unsaturated/α-hetero) is 1. The molecule has 0 saturated heterocycles. The number of hydrogen-bond donors (Lipinski definition) is 0. The smallest absolute Gasteiger partial charge is 0.384 e. The highest BCUT2D eigenvalue weighted by molar-refractivity contribution is 9.10. The molecule has 2 unspecified atom stereocenters. The van der Waals surface area contributed by atoms with Gasteiger partial charge in [-0.05, 0) is 30.7 Å². The molecule has 118 valence electrons. The van der Waals surface area contributed by atoms with Gasteiger partial charge in [-0.25, -0.2) is 4.79 Å². The van der Waals surface area contributed by atoms with Crippen LogP contribution >= 0.6 is 15.9 Å². The van der Waals surface area contributed by atoms with E-state index in [9.17, 15) is 14.0 Å². The second-order valence-corrected chi connectivity index (χ2v) is 5.92. The largest absolute Gasteiger partial charge is 0.461 e. The van der Waals surface area contributed by atoms with E-state index in [0.717, 1.165) is 10.0 Å². The Labute approximate surface area is 136 Å². The molecular weight excluding hydrogens is 355 g/mol. The zero-order chi connectivity index (χ0) is 16.3. The fraction of sp³-hybridized carbons (Fsp3) is 0.375. The number of halogens is 2. The van der Waals surface area contributed by atoms with Gasteiger partial charge in [0.1, 0.15) is 0 Å². The van der Waals surface area contributed by atoms with Crippen LogP contribution in [0.2, 0.25) is 0 Å². The van der Waals surface area contributed by atoms with E-state index < -0.39 is 23.5 Å². The Morgan fingerprint density at radius 3 is 2.59 bits per heavy atom. The van der Waals surface area contributed by atoms with Crippen molar-refractivity contribution in [3.8, 4) is 0 Å². The van der Waals surface area contributed by atoms with Crippen LogP contribution in [0, 0.1) is 0 Å². The Balaban J connectivity index is 2.37. The number of ketones is 1. The molecule has 0 aliphatic carbocycles. The molecule has 2 rings (SSSR count). The quantitative estimate of drug-likeness (QED) is 0.759. The zero-order valence-electron chi connectivity index (χ0n) is 12.3. The van der Waals surface area contributed by atoms with Gasteiger partial charge in [-0.2, -0.15) is 4.39 Å². The average Bonchev–Trinajstić information content (AvgIpc) is 2.47. The van der Waals surface area contributed by atoms with Crippen LogP contribution in [0.1, 0.15) is 31.7 Å². The summed E-state index contributed by atoms with van der Waals surface area (Å²) in [6, 6.07) is 7.24. The molecule has 1 aromatic carbocycles. The summed E-state index contributed by atoms with van der Waals surface area (Å²) >= 11 is 3.33. The number of hydrogen-bond acceptors (Lipinski definition) is 4. The summed E-state index contributed by atoms with van der Waals surface area (Å²) in [5.74, 6) is -4.80. The number of allylic oxidation sites excluding steroid dienone is 2. The topological polar surface area (TPSA) is 52.6 Å². The van der Waals surface area contributed by atoms with Gasteiger partial charge in [0.15, 0.2) is 11.5 Å². The van der Waals surface area contributed by atoms with Crippen LogP contribution in [-0.4, -0.2) is 24.2 Å². The molecule has 0 saturated carbocycles. The molecule has 6 heteroatoms. The summed E-state index contributed by atoms with van der Waals surface area (Å²) in [4.78, 5) is 23.4. The zero-order valence-corrected chi connectivity index (χ0v) is 13.9. The van der Waals surface area contributed by atoms with Crippen molar-refractivity contribution in [2.45, 2.75) is 32.0 Å². The highest BCUT2D eigenvalue weighted by Gasteiger charge is 2.48. The molecule has 0 radical (unpaired) electrons. The van der Waals surface area contributed by atoms with Crippen LogP contribution in [0.3, 0.4) is 0 Å². The predicted octanol–water partition coefficient (Wildman–Crippen LogP) is 3.65. The van der Waals surface area contributed by atoms with E-state index in [4.69, 9.17) is 9.47 Å². The normalized spacial score (nSPS) is 24.2. The van der Waals surface area contributed by atoms with Gasteiger partial charge < -0.3 is 9.47 Å². The molecule has 0 amide bonds. The van der Waals surface area contributed by atoms with Crippen molar-refractivity contribution in [3.05, 3.63) is 46.1 Å². The highest BCUT2D eigenvalue weighted by Crippen LogP contribution is 2.39. The SMILES string of the molecule is CCOC(=O)C1(F)CC(c2ccc(Br)cc2)C=C(C(C)=O)O1. The van der Waals surface area contributed by atoms with E-state index in [1.807, 2.05) is 12.1 Å². The number of alkyl halides is 1. The van der Waals surface area contributed by atoms with Crippen molar-refractivity contribution in [1.82, 2.24) is 0 Å². The first-order valence-corrected chi connectivity index (χ1v) is 7.68. The van der Waals surface area contributed by atoms with Gasteiger partial charge in [0, 0.05) is 23.7 Å². The number of ether oxygens (including phenoxy) is 2. The van der Waals surface area contributed by atoms with Crippen molar-refractivity contribution in [3.63, 3.8) is 0 Å². The lowest BCUT2D eigenvalue weighted by Gasteiger charge is -2.32. The van der Waals surface area contributed by atoms with Gasteiger partial charge in [-0.15, -0.1) is 0 Å². The lowest BCUT2D eigenvalue weighted by molar-refractivity contribution is -0.196. The van der Waals surface area contributed by atoms with Crippen LogP contribution < -0.4 is 0 Å². The third kappa shape index (κ3) is 3.55. The molecule has 0 bridgehead atoms. The lowest BCUT2D eigenvalue weighted by atomic mass is 9.89. The summed E-state index contributed by atoms with van der Waals surface area (Å²) in [5, 5.41) is 0. The molecule has 0 N–H and O–H groups in total. The molecule has 0 fully saturated rings. The molecule has 1 heterocycles. The average molecular weight is 371 g/mol. The van der Waals surface area contributed by atoms with Crippen molar-refractivity contribution >= 4 is 27.7 Å². The lowest BCUT2D eigenvalue weighted by Crippen LogP contribution is -2.42. The Bertz CT molecular complexity index is 611. The van der Waals surface area contributed by atoms with Crippen LogP contribution in [0.4, 0.5) is 4.39 Å². The molecule has 0 spiro atoms. The van der Waals surface area contributed by atoms with E-state index in [0.29, 0.717) is 0 Å². The fourth-order valence-electron chi connectivity index (χ4n) is 2.25. The van der Waals surface area contributed by atoms with Gasteiger partial charge in [0.05, 0.1) is 6.61 Å². The molecule has 1 aromatic rings. The second-order valence-electron chi connectivity index (χ2n) is 5.00. The van der Waals surface area contributed by atoms with Gasteiger partial charge in [-0.3, -0.25) is 4.79 Å². The number of carbonyl (C=O) groups excluding carboxylic acids is 2. The third-order valence-electron chi connectivity index (χ3n) is 3.33. The monoisotopic (exact) mass is 370 g/mol. The number of carbonyl (C=O) groups is 2. The predicted molar refractivity (Wildman–Crippen MR) is 81.8 cm³/mol. The van der Waals surface area contributed by atoms with Crippen molar-refractivity contribution in [2.75, 3.05) is 6.61 Å². The van der Waals surface area contributed by atoms with Crippen molar-refractivity contribution in [2.24, 2.45) is 0 Å². The van der Waals surface area contributed by atoms with Crippen LogP contribution in [0.25, 0.3) is 0 Å². The first-order chi connectivity index (χ1) is 10.4. The first kappa shape index (κ1) is 16.7. The maximum atomic E-state index is 14.9. The molecular formula is C16H16BrFO4. The summed E-state index contributed by atoms with van der Waals surface area (Å²) in [7, 11) is 0. The molecule has 4 nitrogen and oxygen atoms in total. The Morgan fingerprint density at radius 1 is 1.41 bits per heavy atom. The van der Waals surface area contributed by atoms with E-state index in [2.05, 4.69) is 15.9 Å². The van der Waals surface area contributed by atoms with Gasteiger partial charge in [0.25, 0.3) is 0 Å². The number of rotatable bonds is 4. The minimum Gasteiger partial charge on any atom is -0.461 e. The molecule has 2 atom stereocenters. The first-order valence-electron chi connectivity index (χ1n) is 6.89. The maximum Gasteiger partial charge on any atom is 0.384 e. The third-order valence-corrected chi connectivity index (χ3v) is 3.86. The number of esters is 1. The summed E-state index contributed by atoms with van der Waals surface area (Å²) in [6.45, 7) is 2.88. The molecule has 1 aliphatic heterocycles. The van der Waals surface area contributed by atoms with E-state index in [-0.39, 0.29) is 18.8 Å². The molecule has 0 aromatic heterocycles. The standard InChI is InChI=1S/C16H16BrFO4/c1-3-21-15(20)16(18)9-12(8-14(22-16)10(2)19)11-4-6-13(17)7-5-11/h4-8,12H,3,9H2,1-2H3. The number of benzene rings is 1. The maximum absolute atomic E-state index is 14.9.